The van der Waals surface area contributed by atoms with Gasteiger partial charge >= 0.3 is 0 Å². The second kappa shape index (κ2) is 8.85. The third-order valence-electron chi connectivity index (χ3n) is 4.95. The van der Waals surface area contributed by atoms with Crippen molar-refractivity contribution in [3.05, 3.63) is 41.6 Å². The van der Waals surface area contributed by atoms with Gasteiger partial charge in [-0.25, -0.2) is 4.98 Å². The van der Waals surface area contributed by atoms with E-state index in [1.165, 1.54) is 16.8 Å². The summed E-state index contributed by atoms with van der Waals surface area (Å²) in [6.07, 6.45) is 2.79. The summed E-state index contributed by atoms with van der Waals surface area (Å²) in [5, 5.41) is 3.34. The van der Waals surface area contributed by atoms with Crippen molar-refractivity contribution < 1.29 is 4.74 Å². The van der Waals surface area contributed by atoms with Gasteiger partial charge in [-0.15, -0.1) is 0 Å². The van der Waals surface area contributed by atoms with Crippen LogP contribution >= 0.6 is 0 Å². The Morgan fingerprint density at radius 3 is 2.62 bits per heavy atom. The van der Waals surface area contributed by atoms with Crippen LogP contribution < -0.4 is 15.1 Å². The Bertz CT molecular complexity index is 713. The average molecular weight is 355 g/mol. The highest BCUT2D eigenvalue weighted by atomic mass is 16.5. The minimum absolute atomic E-state index is 0.755. The summed E-state index contributed by atoms with van der Waals surface area (Å²) in [6.45, 7) is 9.82. The van der Waals surface area contributed by atoms with Gasteiger partial charge in [0.25, 0.3) is 0 Å². The van der Waals surface area contributed by atoms with Crippen LogP contribution in [0, 0.1) is 13.8 Å². The number of piperazine rings is 1. The molecule has 1 aliphatic rings. The van der Waals surface area contributed by atoms with Gasteiger partial charge in [0.05, 0.1) is 0 Å². The van der Waals surface area contributed by atoms with Gasteiger partial charge < -0.3 is 19.9 Å². The number of benzene rings is 1. The first-order chi connectivity index (χ1) is 12.7. The molecule has 1 aliphatic heterocycles. The van der Waals surface area contributed by atoms with Crippen LogP contribution in [0.25, 0.3) is 0 Å². The lowest BCUT2D eigenvalue weighted by molar-refractivity contribution is 0.198. The quantitative estimate of drug-likeness (QED) is 0.771. The molecule has 140 valence electrons. The average Bonchev–Trinajstić information content (AvgIpc) is 2.68. The second-order valence-corrected chi connectivity index (χ2v) is 6.71. The zero-order chi connectivity index (χ0) is 18.4. The number of aryl methyl sites for hydroxylation is 1. The summed E-state index contributed by atoms with van der Waals surface area (Å²) in [7, 11) is 1.72. The maximum atomic E-state index is 5.08. The molecule has 1 aromatic heterocycles. The number of nitrogens with one attached hydrogen (secondary N) is 1. The maximum Gasteiger partial charge on any atom is 0.227 e. The number of nitrogens with zero attached hydrogens (tertiary/aromatic N) is 4. The molecule has 0 spiro atoms. The summed E-state index contributed by atoms with van der Waals surface area (Å²) in [4.78, 5) is 13.9. The molecule has 0 bridgehead atoms. The van der Waals surface area contributed by atoms with Crippen molar-refractivity contribution in [2.24, 2.45) is 0 Å². The second-order valence-electron chi connectivity index (χ2n) is 6.71. The summed E-state index contributed by atoms with van der Waals surface area (Å²) < 4.78 is 5.08. The predicted molar refractivity (Wildman–Crippen MR) is 107 cm³/mol. The lowest BCUT2D eigenvalue weighted by atomic mass is 10.1. The molecule has 0 amide bonds. The van der Waals surface area contributed by atoms with Crippen LogP contribution in [0.5, 0.6) is 0 Å². The number of anilines is 3. The van der Waals surface area contributed by atoms with E-state index in [0.29, 0.717) is 0 Å². The van der Waals surface area contributed by atoms with E-state index in [1.807, 2.05) is 12.3 Å². The van der Waals surface area contributed by atoms with Crippen molar-refractivity contribution in [3.63, 3.8) is 0 Å². The Morgan fingerprint density at radius 1 is 1.08 bits per heavy atom. The van der Waals surface area contributed by atoms with Gasteiger partial charge in [-0.1, -0.05) is 12.1 Å². The monoisotopic (exact) mass is 355 g/mol. The minimum Gasteiger partial charge on any atom is -0.385 e. The molecular weight excluding hydrogens is 326 g/mol. The number of rotatable bonds is 7. The molecule has 6 heteroatoms. The molecule has 3 rings (SSSR count). The smallest absolute Gasteiger partial charge is 0.227 e. The SMILES string of the molecule is COCCCNc1ccnc(N2CCN(c3cccc(C)c3C)CC2)n1. The van der Waals surface area contributed by atoms with E-state index < -0.39 is 0 Å². The summed E-state index contributed by atoms with van der Waals surface area (Å²) in [6, 6.07) is 8.46. The van der Waals surface area contributed by atoms with Crippen molar-refractivity contribution in [1.82, 2.24) is 9.97 Å². The first-order valence-electron chi connectivity index (χ1n) is 9.31. The van der Waals surface area contributed by atoms with Crippen LogP contribution in [0.3, 0.4) is 0 Å². The first kappa shape index (κ1) is 18.5. The molecule has 0 saturated carbocycles. The van der Waals surface area contributed by atoms with Gasteiger partial charge in [0, 0.05) is 58.3 Å². The fourth-order valence-corrected chi connectivity index (χ4v) is 3.26. The molecule has 1 fully saturated rings. The molecule has 1 N–H and O–H groups in total. The van der Waals surface area contributed by atoms with E-state index in [2.05, 4.69) is 57.1 Å². The van der Waals surface area contributed by atoms with Gasteiger partial charge in [-0.05, 0) is 43.5 Å². The number of ether oxygens (including phenoxy) is 1. The van der Waals surface area contributed by atoms with E-state index in [4.69, 9.17) is 4.74 Å². The van der Waals surface area contributed by atoms with Crippen LogP contribution in [-0.4, -0.2) is 56.4 Å². The fourth-order valence-electron chi connectivity index (χ4n) is 3.26. The molecular formula is C20H29N5O. The standard InChI is InChI=1S/C20H29N5O/c1-16-6-4-7-18(17(16)2)24-11-13-25(14-12-24)20-22-10-8-19(23-20)21-9-5-15-26-3/h4,6-8,10H,5,9,11-15H2,1-3H3,(H,21,22,23). The lowest BCUT2D eigenvalue weighted by Crippen LogP contribution is -2.47. The van der Waals surface area contributed by atoms with Gasteiger partial charge in [0.15, 0.2) is 0 Å². The Balaban J connectivity index is 1.58. The van der Waals surface area contributed by atoms with Crippen LogP contribution in [0.2, 0.25) is 0 Å². The molecule has 2 aromatic rings. The minimum atomic E-state index is 0.755. The highest BCUT2D eigenvalue weighted by Gasteiger charge is 2.20. The number of methoxy groups -OCH3 is 1. The van der Waals surface area contributed by atoms with Crippen LogP contribution in [0.1, 0.15) is 17.5 Å². The Labute approximate surface area is 156 Å². The third kappa shape index (κ3) is 4.43. The molecule has 6 nitrogen and oxygen atoms in total. The zero-order valence-corrected chi connectivity index (χ0v) is 16.0. The molecule has 0 radical (unpaired) electrons. The molecule has 0 unspecified atom stereocenters. The van der Waals surface area contributed by atoms with Crippen molar-refractivity contribution >= 4 is 17.5 Å². The molecule has 1 aromatic carbocycles. The highest BCUT2D eigenvalue weighted by molar-refractivity contribution is 5.57. The van der Waals surface area contributed by atoms with E-state index in [0.717, 1.165) is 57.5 Å². The predicted octanol–water partition coefficient (Wildman–Crippen LogP) is 2.87. The van der Waals surface area contributed by atoms with Crippen molar-refractivity contribution in [2.45, 2.75) is 20.3 Å². The van der Waals surface area contributed by atoms with E-state index in [-0.39, 0.29) is 0 Å². The number of hydrogen-bond acceptors (Lipinski definition) is 6. The summed E-state index contributed by atoms with van der Waals surface area (Å²) in [5.74, 6) is 1.69. The topological polar surface area (TPSA) is 53.5 Å². The van der Waals surface area contributed by atoms with E-state index in [9.17, 15) is 0 Å². The Morgan fingerprint density at radius 2 is 1.85 bits per heavy atom. The van der Waals surface area contributed by atoms with E-state index in [1.54, 1.807) is 7.11 Å². The molecule has 0 atom stereocenters. The van der Waals surface area contributed by atoms with Crippen LogP contribution in [-0.2, 0) is 4.74 Å². The van der Waals surface area contributed by atoms with Gasteiger partial charge in [0.1, 0.15) is 5.82 Å². The van der Waals surface area contributed by atoms with Crippen LogP contribution in [0.15, 0.2) is 30.5 Å². The normalized spacial score (nSPS) is 14.6. The van der Waals surface area contributed by atoms with Crippen molar-refractivity contribution in [3.8, 4) is 0 Å². The molecule has 2 heterocycles. The van der Waals surface area contributed by atoms with Gasteiger partial charge in [-0.3, -0.25) is 0 Å². The number of hydrogen-bond donors (Lipinski definition) is 1. The largest absolute Gasteiger partial charge is 0.385 e. The molecule has 26 heavy (non-hydrogen) atoms. The third-order valence-corrected chi connectivity index (χ3v) is 4.95. The summed E-state index contributed by atoms with van der Waals surface area (Å²) >= 11 is 0. The van der Waals surface area contributed by atoms with Crippen molar-refractivity contribution in [2.75, 3.05) is 61.6 Å². The van der Waals surface area contributed by atoms with Gasteiger partial charge in [-0.2, -0.15) is 4.98 Å². The Kier molecular flexibility index (Phi) is 6.28. The first-order valence-corrected chi connectivity index (χ1v) is 9.31. The molecule has 0 aliphatic carbocycles. The number of aromatic nitrogens is 2. The summed E-state index contributed by atoms with van der Waals surface area (Å²) in [5.41, 5.74) is 4.07. The molecule has 1 saturated heterocycles. The maximum absolute atomic E-state index is 5.08. The van der Waals surface area contributed by atoms with Crippen LogP contribution in [0.4, 0.5) is 17.5 Å². The van der Waals surface area contributed by atoms with Gasteiger partial charge in [0.2, 0.25) is 5.95 Å². The zero-order valence-electron chi connectivity index (χ0n) is 16.0. The highest BCUT2D eigenvalue weighted by Crippen LogP contribution is 2.24. The lowest BCUT2D eigenvalue weighted by Gasteiger charge is -2.37. The van der Waals surface area contributed by atoms with E-state index >= 15 is 0 Å². The fraction of sp³-hybridized carbons (Fsp3) is 0.500. The Hall–Kier alpha value is -2.34. The van der Waals surface area contributed by atoms with Crippen molar-refractivity contribution in [1.29, 1.82) is 0 Å².